The molecule has 0 saturated carbocycles. The first-order valence-corrected chi connectivity index (χ1v) is 4.75. The molecule has 0 heterocycles. The van der Waals surface area contributed by atoms with Crippen molar-refractivity contribution in [3.8, 4) is 0 Å². The van der Waals surface area contributed by atoms with Crippen LogP contribution in [-0.2, 0) is 0 Å². The Morgan fingerprint density at radius 1 is 1.33 bits per heavy atom. The third-order valence-corrected chi connectivity index (χ3v) is 2.62. The van der Waals surface area contributed by atoms with Crippen LogP contribution in [0.25, 0.3) is 0 Å². The summed E-state index contributed by atoms with van der Waals surface area (Å²) >= 11 is 2.05. The minimum Gasteiger partial charge on any atom is -0.288 e. The van der Waals surface area contributed by atoms with Gasteiger partial charge in [0.05, 0.1) is 3.58 Å². The summed E-state index contributed by atoms with van der Waals surface area (Å²) in [5.74, 6) is 0.0960. The Bertz CT molecular complexity index is 301. The van der Waals surface area contributed by atoms with E-state index in [9.17, 15) is 4.79 Å². The number of hydrogen-bond acceptors (Lipinski definition) is 1. The van der Waals surface area contributed by atoms with Crippen LogP contribution in [-0.4, -0.2) is 5.78 Å². The van der Waals surface area contributed by atoms with Crippen LogP contribution in [0.4, 0.5) is 0 Å². The van der Waals surface area contributed by atoms with Gasteiger partial charge in [-0.2, -0.15) is 0 Å². The highest BCUT2D eigenvalue weighted by Gasteiger charge is 2.06. The van der Waals surface area contributed by atoms with Crippen molar-refractivity contribution in [3.05, 3.63) is 45.6 Å². The maximum absolute atomic E-state index is 11.5. The topological polar surface area (TPSA) is 17.1 Å². The summed E-state index contributed by atoms with van der Waals surface area (Å²) in [5, 5.41) is 0. The first-order chi connectivity index (χ1) is 5.75. The first kappa shape index (κ1) is 9.45. The fourth-order valence-corrected chi connectivity index (χ4v) is 1.17. The second-order valence-electron chi connectivity index (χ2n) is 2.33. The average molecular weight is 272 g/mol. The Kier molecular flexibility index (Phi) is 3.47. The molecule has 0 aliphatic rings. The van der Waals surface area contributed by atoms with E-state index in [2.05, 4.69) is 0 Å². The van der Waals surface area contributed by atoms with Crippen LogP contribution >= 0.6 is 22.6 Å². The highest BCUT2D eigenvalue weighted by atomic mass is 127. The quantitative estimate of drug-likeness (QED) is 0.459. The molecular formula is C10H9IO. The number of carbonyl (C=O) groups is 1. The molecule has 12 heavy (non-hydrogen) atoms. The summed E-state index contributed by atoms with van der Waals surface area (Å²) in [6, 6.07) is 9.29. The maximum Gasteiger partial charge on any atom is 0.198 e. The molecule has 0 saturated heterocycles. The van der Waals surface area contributed by atoms with Gasteiger partial charge in [0.25, 0.3) is 0 Å². The van der Waals surface area contributed by atoms with E-state index in [4.69, 9.17) is 0 Å². The van der Waals surface area contributed by atoms with Gasteiger partial charge < -0.3 is 0 Å². The van der Waals surface area contributed by atoms with Gasteiger partial charge in [-0.1, -0.05) is 36.4 Å². The Labute approximate surface area is 85.6 Å². The molecule has 62 valence electrons. The Morgan fingerprint density at radius 2 is 1.92 bits per heavy atom. The highest BCUT2D eigenvalue weighted by Crippen LogP contribution is 2.13. The molecule has 0 atom stereocenters. The molecule has 1 nitrogen and oxygen atoms in total. The van der Waals surface area contributed by atoms with Crippen molar-refractivity contribution in [3.63, 3.8) is 0 Å². The van der Waals surface area contributed by atoms with Crippen molar-refractivity contribution < 1.29 is 4.79 Å². The SMILES string of the molecule is CC=C(I)C(=O)c1ccccc1. The number of ketones is 1. The summed E-state index contributed by atoms with van der Waals surface area (Å²) in [4.78, 5) is 11.5. The van der Waals surface area contributed by atoms with Gasteiger partial charge in [0.2, 0.25) is 0 Å². The minimum absolute atomic E-state index is 0.0960. The molecule has 0 fully saturated rings. The number of benzene rings is 1. The number of halogens is 1. The fraction of sp³-hybridized carbons (Fsp3) is 0.100. The zero-order chi connectivity index (χ0) is 8.97. The lowest BCUT2D eigenvalue weighted by Crippen LogP contribution is -1.96. The summed E-state index contributed by atoms with van der Waals surface area (Å²) in [7, 11) is 0. The summed E-state index contributed by atoms with van der Waals surface area (Å²) in [6.45, 7) is 1.86. The van der Waals surface area contributed by atoms with E-state index in [0.29, 0.717) is 0 Å². The van der Waals surface area contributed by atoms with E-state index in [1.807, 2.05) is 65.9 Å². The predicted octanol–water partition coefficient (Wildman–Crippen LogP) is 3.21. The van der Waals surface area contributed by atoms with Gasteiger partial charge in [-0.15, -0.1) is 0 Å². The molecule has 1 aromatic rings. The largest absolute Gasteiger partial charge is 0.288 e. The standard InChI is InChI=1S/C10H9IO/c1-2-9(11)10(12)8-6-4-3-5-7-8/h2-7H,1H3. The molecule has 0 aliphatic carbocycles. The van der Waals surface area contributed by atoms with E-state index in [-0.39, 0.29) is 5.78 Å². The minimum atomic E-state index is 0.0960. The van der Waals surface area contributed by atoms with Crippen LogP contribution in [0, 0.1) is 0 Å². The van der Waals surface area contributed by atoms with Crippen LogP contribution < -0.4 is 0 Å². The number of hydrogen-bond donors (Lipinski definition) is 0. The first-order valence-electron chi connectivity index (χ1n) is 3.67. The van der Waals surface area contributed by atoms with E-state index in [1.165, 1.54) is 0 Å². The van der Waals surface area contributed by atoms with Crippen LogP contribution in [0.5, 0.6) is 0 Å². The molecule has 1 rings (SSSR count). The lowest BCUT2D eigenvalue weighted by molar-refractivity contribution is 0.104. The highest BCUT2D eigenvalue weighted by molar-refractivity contribution is 14.1. The van der Waals surface area contributed by atoms with Crippen molar-refractivity contribution in [1.29, 1.82) is 0 Å². The molecule has 2 heteroatoms. The second kappa shape index (κ2) is 4.40. The molecule has 0 aliphatic heterocycles. The van der Waals surface area contributed by atoms with Gasteiger partial charge in [-0.3, -0.25) is 4.79 Å². The van der Waals surface area contributed by atoms with Crippen LogP contribution in [0.2, 0.25) is 0 Å². The molecular weight excluding hydrogens is 263 g/mol. The molecule has 0 N–H and O–H groups in total. The number of allylic oxidation sites excluding steroid dienone is 2. The van der Waals surface area contributed by atoms with Gasteiger partial charge in [0.1, 0.15) is 0 Å². The van der Waals surface area contributed by atoms with Crippen molar-refractivity contribution >= 4 is 28.4 Å². The summed E-state index contributed by atoms with van der Waals surface area (Å²) < 4.78 is 0.763. The van der Waals surface area contributed by atoms with Crippen molar-refractivity contribution in [2.24, 2.45) is 0 Å². The molecule has 1 aromatic carbocycles. The van der Waals surface area contributed by atoms with Crippen molar-refractivity contribution in [1.82, 2.24) is 0 Å². The summed E-state index contributed by atoms with van der Waals surface area (Å²) in [5.41, 5.74) is 0.750. The molecule has 0 aromatic heterocycles. The Morgan fingerprint density at radius 3 is 2.42 bits per heavy atom. The van der Waals surface area contributed by atoms with Crippen molar-refractivity contribution in [2.75, 3.05) is 0 Å². The smallest absolute Gasteiger partial charge is 0.198 e. The van der Waals surface area contributed by atoms with Gasteiger partial charge in [-0.05, 0) is 29.5 Å². The Balaban J connectivity index is 2.94. The molecule has 0 radical (unpaired) electrons. The van der Waals surface area contributed by atoms with Gasteiger partial charge >= 0.3 is 0 Å². The van der Waals surface area contributed by atoms with E-state index >= 15 is 0 Å². The lowest BCUT2D eigenvalue weighted by atomic mass is 10.1. The monoisotopic (exact) mass is 272 g/mol. The maximum atomic E-state index is 11.5. The van der Waals surface area contributed by atoms with Gasteiger partial charge in [0.15, 0.2) is 5.78 Å². The average Bonchev–Trinajstić information content (AvgIpc) is 2.17. The summed E-state index contributed by atoms with van der Waals surface area (Å²) in [6.07, 6.45) is 1.82. The zero-order valence-electron chi connectivity index (χ0n) is 6.75. The second-order valence-corrected chi connectivity index (χ2v) is 3.49. The normalized spacial score (nSPS) is 11.3. The van der Waals surface area contributed by atoms with Crippen molar-refractivity contribution in [2.45, 2.75) is 6.92 Å². The molecule has 0 spiro atoms. The van der Waals surface area contributed by atoms with Crippen LogP contribution in [0.15, 0.2) is 40.0 Å². The van der Waals surface area contributed by atoms with E-state index < -0.39 is 0 Å². The van der Waals surface area contributed by atoms with Gasteiger partial charge in [-0.25, -0.2) is 0 Å². The number of Topliss-reactive ketones (excluding diaryl/α,β-unsaturated/α-hetero) is 1. The lowest BCUT2D eigenvalue weighted by Gasteiger charge is -1.97. The number of carbonyl (C=O) groups excluding carboxylic acids is 1. The molecule has 0 amide bonds. The zero-order valence-corrected chi connectivity index (χ0v) is 8.91. The van der Waals surface area contributed by atoms with E-state index in [1.54, 1.807) is 0 Å². The molecule has 0 unspecified atom stereocenters. The van der Waals surface area contributed by atoms with Gasteiger partial charge in [0, 0.05) is 5.56 Å². The van der Waals surface area contributed by atoms with E-state index in [0.717, 1.165) is 9.14 Å². The van der Waals surface area contributed by atoms with Crippen LogP contribution in [0.3, 0.4) is 0 Å². The number of rotatable bonds is 2. The third kappa shape index (κ3) is 2.17. The fourth-order valence-electron chi connectivity index (χ4n) is 0.859. The third-order valence-electron chi connectivity index (χ3n) is 1.51. The molecule has 0 bridgehead atoms. The van der Waals surface area contributed by atoms with Crippen LogP contribution in [0.1, 0.15) is 17.3 Å². The Hall–Kier alpha value is -0.640. The predicted molar refractivity (Wildman–Crippen MR) is 58.5 cm³/mol.